The maximum atomic E-state index is 14.5. The zero-order chi connectivity index (χ0) is 20.1. The van der Waals surface area contributed by atoms with Crippen molar-refractivity contribution in [2.75, 3.05) is 13.1 Å². The van der Waals surface area contributed by atoms with Gasteiger partial charge in [-0.2, -0.15) is 10.1 Å². The van der Waals surface area contributed by atoms with Crippen LogP contribution in [0.5, 0.6) is 0 Å². The van der Waals surface area contributed by atoms with Crippen LogP contribution in [-0.2, 0) is 0 Å². The van der Waals surface area contributed by atoms with E-state index in [2.05, 4.69) is 15.1 Å². The number of hydrogen-bond acceptors (Lipinski definition) is 4. The molecule has 6 nitrogen and oxygen atoms in total. The van der Waals surface area contributed by atoms with Gasteiger partial charge in [-0.25, -0.2) is 22.7 Å². The van der Waals surface area contributed by atoms with Crippen molar-refractivity contribution in [2.24, 2.45) is 0 Å². The lowest BCUT2D eigenvalue weighted by molar-refractivity contribution is -0.0641. The predicted molar refractivity (Wildman–Crippen MR) is 94.9 cm³/mol. The molecule has 0 radical (unpaired) electrons. The molecule has 28 heavy (non-hydrogen) atoms. The number of carbonyl (C=O) groups excluding carboxylic acids is 1. The highest BCUT2D eigenvalue weighted by atomic mass is 19.3. The van der Waals surface area contributed by atoms with Crippen molar-refractivity contribution >= 4 is 11.7 Å². The molecule has 146 valence electrons. The monoisotopic (exact) mass is 389 g/mol. The summed E-state index contributed by atoms with van der Waals surface area (Å²) < 4.78 is 44.6. The molecule has 3 heterocycles. The first-order valence-electron chi connectivity index (χ1n) is 8.84. The number of aromatic nitrogens is 4. The van der Waals surface area contributed by atoms with E-state index in [4.69, 9.17) is 0 Å². The molecule has 0 aliphatic carbocycles. The second-order valence-electron chi connectivity index (χ2n) is 7.22. The van der Waals surface area contributed by atoms with Crippen LogP contribution in [0.25, 0.3) is 5.78 Å². The minimum absolute atomic E-state index is 0.0280. The fraction of sp³-hybridized carbons (Fsp3) is 0.368. The van der Waals surface area contributed by atoms with Gasteiger partial charge in [-0.05, 0) is 32.0 Å². The summed E-state index contributed by atoms with van der Waals surface area (Å²) in [4.78, 5) is 22.1. The first-order valence-corrected chi connectivity index (χ1v) is 8.84. The standard InChI is InChI=1S/C19H18F3N5O/c1-11-3-4-15(20)14(5-11)17(28)26-8-13(7-19(21,22)9-26)16-6-12(2)25-18-23-10-24-27(16)18/h3-6,10,13H,7-9H2,1-2H3. The lowest BCUT2D eigenvalue weighted by Crippen LogP contribution is -2.49. The molecule has 1 unspecified atom stereocenters. The molecule has 4 rings (SSSR count). The highest BCUT2D eigenvalue weighted by Crippen LogP contribution is 2.37. The second-order valence-corrected chi connectivity index (χ2v) is 7.22. The van der Waals surface area contributed by atoms with Crippen molar-refractivity contribution in [3.8, 4) is 0 Å². The summed E-state index contributed by atoms with van der Waals surface area (Å²) in [5.74, 6) is -4.95. The van der Waals surface area contributed by atoms with Gasteiger partial charge in [-0.3, -0.25) is 4.79 Å². The van der Waals surface area contributed by atoms with E-state index >= 15 is 0 Å². The number of alkyl halides is 2. The van der Waals surface area contributed by atoms with Gasteiger partial charge in [0.1, 0.15) is 12.1 Å². The lowest BCUT2D eigenvalue weighted by Gasteiger charge is -2.37. The molecule has 1 saturated heterocycles. The minimum atomic E-state index is -3.11. The van der Waals surface area contributed by atoms with Crippen LogP contribution in [0.2, 0.25) is 0 Å². The molecule has 1 atom stereocenters. The Morgan fingerprint density at radius 3 is 2.82 bits per heavy atom. The molecule has 0 saturated carbocycles. The molecule has 1 amide bonds. The van der Waals surface area contributed by atoms with Crippen LogP contribution in [0.15, 0.2) is 30.6 Å². The number of fused-ring (bicyclic) bond motifs is 1. The third-order valence-corrected chi connectivity index (χ3v) is 4.87. The molecule has 2 aromatic heterocycles. The van der Waals surface area contributed by atoms with Crippen LogP contribution in [0.1, 0.15) is 39.6 Å². The summed E-state index contributed by atoms with van der Waals surface area (Å²) in [7, 11) is 0. The number of amides is 1. The Morgan fingerprint density at radius 1 is 1.25 bits per heavy atom. The molecule has 1 fully saturated rings. The number of aryl methyl sites for hydroxylation is 2. The number of halogens is 3. The summed E-state index contributed by atoms with van der Waals surface area (Å²) in [5, 5.41) is 4.07. The Kier molecular flexibility index (Phi) is 4.32. The van der Waals surface area contributed by atoms with E-state index in [0.717, 1.165) is 4.90 Å². The quantitative estimate of drug-likeness (QED) is 0.676. The summed E-state index contributed by atoms with van der Waals surface area (Å²) in [6.45, 7) is 2.73. The van der Waals surface area contributed by atoms with Gasteiger partial charge < -0.3 is 4.90 Å². The Morgan fingerprint density at radius 2 is 2.04 bits per heavy atom. The third-order valence-electron chi connectivity index (χ3n) is 4.87. The number of piperidine rings is 1. The Labute approximate surface area is 159 Å². The summed E-state index contributed by atoms with van der Waals surface area (Å²) >= 11 is 0. The van der Waals surface area contributed by atoms with Crippen LogP contribution in [0.3, 0.4) is 0 Å². The Bertz CT molecular complexity index is 1060. The molecule has 3 aromatic rings. The fourth-order valence-corrected chi connectivity index (χ4v) is 3.68. The zero-order valence-corrected chi connectivity index (χ0v) is 15.4. The SMILES string of the molecule is Cc1ccc(F)c(C(=O)N2CC(c3cc(C)nc4ncnn34)CC(F)(F)C2)c1. The molecule has 1 aromatic carbocycles. The number of carbonyl (C=O) groups is 1. The number of hydrogen-bond donors (Lipinski definition) is 0. The van der Waals surface area contributed by atoms with Crippen LogP contribution in [-0.4, -0.2) is 49.4 Å². The first kappa shape index (κ1) is 18.4. The Balaban J connectivity index is 1.72. The maximum absolute atomic E-state index is 14.5. The summed E-state index contributed by atoms with van der Waals surface area (Å²) in [6.07, 6.45) is 0.864. The molecule has 0 N–H and O–H groups in total. The van der Waals surface area contributed by atoms with E-state index in [1.54, 1.807) is 19.9 Å². The molecule has 1 aliphatic rings. The largest absolute Gasteiger partial charge is 0.332 e. The smallest absolute Gasteiger partial charge is 0.266 e. The Hall–Kier alpha value is -2.97. The summed E-state index contributed by atoms with van der Waals surface area (Å²) in [5.41, 5.74) is 1.60. The van der Waals surface area contributed by atoms with Gasteiger partial charge in [-0.1, -0.05) is 11.6 Å². The fourth-order valence-electron chi connectivity index (χ4n) is 3.68. The maximum Gasteiger partial charge on any atom is 0.266 e. The number of benzene rings is 1. The van der Waals surface area contributed by atoms with Gasteiger partial charge >= 0.3 is 0 Å². The van der Waals surface area contributed by atoms with Crippen LogP contribution in [0.4, 0.5) is 13.2 Å². The predicted octanol–water partition coefficient (Wildman–Crippen LogP) is 3.15. The van der Waals surface area contributed by atoms with Crippen molar-refractivity contribution in [3.63, 3.8) is 0 Å². The van der Waals surface area contributed by atoms with Crippen molar-refractivity contribution in [1.29, 1.82) is 0 Å². The molecule has 9 heteroatoms. The van der Waals surface area contributed by atoms with E-state index in [0.29, 0.717) is 22.7 Å². The van der Waals surface area contributed by atoms with Crippen molar-refractivity contribution in [2.45, 2.75) is 32.1 Å². The van der Waals surface area contributed by atoms with Crippen molar-refractivity contribution in [3.05, 3.63) is 58.9 Å². The highest BCUT2D eigenvalue weighted by molar-refractivity contribution is 5.94. The lowest BCUT2D eigenvalue weighted by atomic mass is 9.91. The van der Waals surface area contributed by atoms with Crippen LogP contribution in [0, 0.1) is 19.7 Å². The van der Waals surface area contributed by atoms with Crippen LogP contribution >= 0.6 is 0 Å². The van der Waals surface area contributed by atoms with E-state index < -0.39 is 36.5 Å². The normalized spacial score (nSPS) is 19.2. The average molecular weight is 389 g/mol. The van der Waals surface area contributed by atoms with Gasteiger partial charge in [-0.15, -0.1) is 0 Å². The van der Waals surface area contributed by atoms with Gasteiger partial charge in [0.2, 0.25) is 0 Å². The van der Waals surface area contributed by atoms with Gasteiger partial charge in [0.15, 0.2) is 0 Å². The van der Waals surface area contributed by atoms with Gasteiger partial charge in [0, 0.05) is 24.6 Å². The number of likely N-dealkylation sites (tertiary alicyclic amines) is 1. The molecular formula is C19H18F3N5O. The van der Waals surface area contributed by atoms with E-state index in [9.17, 15) is 18.0 Å². The molecule has 0 spiro atoms. The number of nitrogens with zero attached hydrogens (tertiary/aromatic N) is 5. The molecule has 1 aliphatic heterocycles. The minimum Gasteiger partial charge on any atom is -0.332 e. The first-order chi connectivity index (χ1) is 13.2. The van der Waals surface area contributed by atoms with Crippen molar-refractivity contribution < 1.29 is 18.0 Å². The molecule has 0 bridgehead atoms. The van der Waals surface area contributed by atoms with E-state index in [1.807, 2.05) is 0 Å². The van der Waals surface area contributed by atoms with Crippen LogP contribution < -0.4 is 0 Å². The average Bonchev–Trinajstić information content (AvgIpc) is 3.09. The molecular weight excluding hydrogens is 371 g/mol. The third kappa shape index (κ3) is 3.32. The zero-order valence-electron chi connectivity index (χ0n) is 15.4. The van der Waals surface area contributed by atoms with E-state index in [-0.39, 0.29) is 12.1 Å². The topological polar surface area (TPSA) is 63.4 Å². The second kappa shape index (κ2) is 6.57. The van der Waals surface area contributed by atoms with Gasteiger partial charge in [0.05, 0.1) is 17.8 Å². The number of rotatable bonds is 2. The van der Waals surface area contributed by atoms with Crippen molar-refractivity contribution in [1.82, 2.24) is 24.5 Å². The van der Waals surface area contributed by atoms with E-state index in [1.165, 1.54) is 29.0 Å². The van der Waals surface area contributed by atoms with Gasteiger partial charge in [0.25, 0.3) is 17.6 Å². The highest BCUT2D eigenvalue weighted by Gasteiger charge is 2.44. The summed E-state index contributed by atoms with van der Waals surface area (Å²) in [6, 6.07) is 5.75.